The Morgan fingerprint density at radius 3 is 3.29 bits per heavy atom. The van der Waals surface area contributed by atoms with Crippen molar-refractivity contribution in [3.63, 3.8) is 0 Å². The van der Waals surface area contributed by atoms with E-state index in [0.29, 0.717) is 6.54 Å². The lowest BCUT2D eigenvalue weighted by atomic mass is 10.1. The molecule has 1 unspecified atom stereocenters. The number of carbonyl (C=O) groups is 1. The highest BCUT2D eigenvalue weighted by atomic mass is 16.5. The molecule has 1 fully saturated rings. The van der Waals surface area contributed by atoms with Crippen molar-refractivity contribution in [3.05, 3.63) is 30.1 Å². The molecule has 0 aliphatic carbocycles. The first-order valence-electron chi connectivity index (χ1n) is 5.72. The molecule has 1 aromatic rings. The second-order valence-electron chi connectivity index (χ2n) is 4.03. The standard InChI is InChI=1S/C12H17N3O2/c1-17-9-12(16)15-6-5-14-8-11(15)10-3-2-4-13-7-10/h2-4,7,11,14H,5-6,8-9H2,1H3. The number of hydrogen-bond acceptors (Lipinski definition) is 4. The predicted molar refractivity (Wildman–Crippen MR) is 63.4 cm³/mol. The number of pyridine rings is 1. The summed E-state index contributed by atoms with van der Waals surface area (Å²) in [5.41, 5.74) is 1.06. The van der Waals surface area contributed by atoms with Crippen LogP contribution in [0.1, 0.15) is 11.6 Å². The molecule has 2 heterocycles. The molecule has 1 aliphatic heterocycles. The third kappa shape index (κ3) is 2.81. The molecular weight excluding hydrogens is 218 g/mol. The fourth-order valence-corrected chi connectivity index (χ4v) is 2.08. The Kier molecular flexibility index (Phi) is 4.06. The van der Waals surface area contributed by atoms with Crippen molar-refractivity contribution in [2.24, 2.45) is 0 Å². The summed E-state index contributed by atoms with van der Waals surface area (Å²) < 4.78 is 4.91. The minimum atomic E-state index is 0.0304. The molecule has 5 nitrogen and oxygen atoms in total. The molecule has 0 radical (unpaired) electrons. The van der Waals surface area contributed by atoms with Gasteiger partial charge < -0.3 is 15.0 Å². The number of ether oxygens (including phenoxy) is 1. The Balaban J connectivity index is 2.15. The van der Waals surface area contributed by atoms with E-state index in [2.05, 4.69) is 10.3 Å². The Bertz CT molecular complexity index is 369. The Morgan fingerprint density at radius 1 is 1.71 bits per heavy atom. The third-order valence-electron chi connectivity index (χ3n) is 2.90. The van der Waals surface area contributed by atoms with Gasteiger partial charge in [0.15, 0.2) is 0 Å². The Morgan fingerprint density at radius 2 is 2.59 bits per heavy atom. The number of nitrogens with one attached hydrogen (secondary N) is 1. The molecule has 1 saturated heterocycles. The van der Waals surface area contributed by atoms with Crippen molar-refractivity contribution >= 4 is 5.91 Å². The maximum Gasteiger partial charge on any atom is 0.249 e. The quantitative estimate of drug-likeness (QED) is 0.813. The van der Waals surface area contributed by atoms with Crippen LogP contribution in [0.15, 0.2) is 24.5 Å². The van der Waals surface area contributed by atoms with Crippen LogP contribution in [-0.4, -0.2) is 49.1 Å². The highest BCUT2D eigenvalue weighted by Gasteiger charge is 2.27. The van der Waals surface area contributed by atoms with Crippen LogP contribution in [0.25, 0.3) is 0 Å². The topological polar surface area (TPSA) is 54.5 Å². The second-order valence-corrected chi connectivity index (χ2v) is 4.03. The van der Waals surface area contributed by atoms with Gasteiger partial charge in [0.1, 0.15) is 6.61 Å². The summed E-state index contributed by atoms with van der Waals surface area (Å²) in [4.78, 5) is 17.9. The fraction of sp³-hybridized carbons (Fsp3) is 0.500. The van der Waals surface area contributed by atoms with Crippen LogP contribution in [0, 0.1) is 0 Å². The Hall–Kier alpha value is -1.46. The molecule has 0 saturated carbocycles. The molecule has 92 valence electrons. The summed E-state index contributed by atoms with van der Waals surface area (Å²) in [5.74, 6) is 0.0304. The maximum absolute atomic E-state index is 11.9. The van der Waals surface area contributed by atoms with Gasteiger partial charge in [0, 0.05) is 39.1 Å². The summed E-state index contributed by atoms with van der Waals surface area (Å²) >= 11 is 0. The first-order valence-corrected chi connectivity index (χ1v) is 5.72. The van der Waals surface area contributed by atoms with Crippen molar-refractivity contribution in [3.8, 4) is 0 Å². The van der Waals surface area contributed by atoms with Crippen LogP contribution in [0.2, 0.25) is 0 Å². The number of piperazine rings is 1. The van der Waals surface area contributed by atoms with Crippen LogP contribution < -0.4 is 5.32 Å². The molecule has 0 bridgehead atoms. The lowest BCUT2D eigenvalue weighted by Crippen LogP contribution is -2.49. The molecule has 1 aromatic heterocycles. The molecular formula is C12H17N3O2. The predicted octanol–water partition coefficient (Wildman–Crippen LogP) is 0.201. The van der Waals surface area contributed by atoms with E-state index in [1.807, 2.05) is 23.2 Å². The zero-order valence-corrected chi connectivity index (χ0v) is 9.93. The molecule has 17 heavy (non-hydrogen) atoms. The van der Waals surface area contributed by atoms with Crippen molar-refractivity contribution < 1.29 is 9.53 Å². The van der Waals surface area contributed by atoms with E-state index < -0.39 is 0 Å². The summed E-state index contributed by atoms with van der Waals surface area (Å²) in [6, 6.07) is 3.95. The molecule has 0 aromatic carbocycles. The summed E-state index contributed by atoms with van der Waals surface area (Å²) in [6.45, 7) is 2.44. The second kappa shape index (κ2) is 5.75. The van der Waals surface area contributed by atoms with Gasteiger partial charge in [-0.05, 0) is 11.6 Å². The molecule has 1 N–H and O–H groups in total. The van der Waals surface area contributed by atoms with Gasteiger partial charge in [0.25, 0.3) is 0 Å². The third-order valence-corrected chi connectivity index (χ3v) is 2.90. The van der Waals surface area contributed by atoms with E-state index in [1.165, 1.54) is 0 Å². The monoisotopic (exact) mass is 235 g/mol. The molecule has 0 spiro atoms. The van der Waals surface area contributed by atoms with Gasteiger partial charge in [0.2, 0.25) is 5.91 Å². The zero-order valence-electron chi connectivity index (χ0n) is 9.93. The van der Waals surface area contributed by atoms with Crippen molar-refractivity contribution in [1.82, 2.24) is 15.2 Å². The van der Waals surface area contributed by atoms with Crippen molar-refractivity contribution in [2.45, 2.75) is 6.04 Å². The van der Waals surface area contributed by atoms with E-state index in [1.54, 1.807) is 13.3 Å². The largest absolute Gasteiger partial charge is 0.375 e. The molecule has 2 rings (SSSR count). The number of hydrogen-bond donors (Lipinski definition) is 1. The van der Waals surface area contributed by atoms with Gasteiger partial charge >= 0.3 is 0 Å². The van der Waals surface area contributed by atoms with E-state index in [9.17, 15) is 4.79 Å². The number of amides is 1. The smallest absolute Gasteiger partial charge is 0.249 e. The van der Waals surface area contributed by atoms with E-state index in [0.717, 1.165) is 18.7 Å². The lowest BCUT2D eigenvalue weighted by Gasteiger charge is -2.36. The Labute approximate surface area is 101 Å². The summed E-state index contributed by atoms with van der Waals surface area (Å²) in [7, 11) is 1.54. The highest BCUT2D eigenvalue weighted by Crippen LogP contribution is 2.21. The average Bonchev–Trinajstić information content (AvgIpc) is 2.40. The van der Waals surface area contributed by atoms with E-state index >= 15 is 0 Å². The average molecular weight is 235 g/mol. The van der Waals surface area contributed by atoms with Gasteiger partial charge in [-0.15, -0.1) is 0 Å². The number of rotatable bonds is 3. The number of nitrogens with zero attached hydrogens (tertiary/aromatic N) is 2. The van der Waals surface area contributed by atoms with Crippen LogP contribution >= 0.6 is 0 Å². The number of aromatic nitrogens is 1. The molecule has 1 aliphatic rings. The molecule has 5 heteroatoms. The number of methoxy groups -OCH3 is 1. The summed E-state index contributed by atoms with van der Waals surface area (Å²) in [6.07, 6.45) is 3.55. The van der Waals surface area contributed by atoms with Gasteiger partial charge in [0.05, 0.1) is 6.04 Å². The van der Waals surface area contributed by atoms with Crippen LogP contribution in [-0.2, 0) is 9.53 Å². The molecule has 1 amide bonds. The van der Waals surface area contributed by atoms with Crippen molar-refractivity contribution in [2.75, 3.05) is 33.4 Å². The summed E-state index contributed by atoms with van der Waals surface area (Å²) in [5, 5.41) is 3.30. The highest BCUT2D eigenvalue weighted by molar-refractivity contribution is 5.78. The normalized spacial score (nSPS) is 20.3. The van der Waals surface area contributed by atoms with Crippen LogP contribution in [0.3, 0.4) is 0 Å². The maximum atomic E-state index is 11.9. The van der Waals surface area contributed by atoms with E-state index in [4.69, 9.17) is 4.74 Å². The minimum absolute atomic E-state index is 0.0304. The fourth-order valence-electron chi connectivity index (χ4n) is 2.08. The zero-order chi connectivity index (χ0) is 12.1. The van der Waals surface area contributed by atoms with E-state index in [-0.39, 0.29) is 18.6 Å². The number of carbonyl (C=O) groups excluding carboxylic acids is 1. The van der Waals surface area contributed by atoms with Gasteiger partial charge in [-0.3, -0.25) is 9.78 Å². The van der Waals surface area contributed by atoms with Gasteiger partial charge in [-0.25, -0.2) is 0 Å². The van der Waals surface area contributed by atoms with Gasteiger partial charge in [-0.2, -0.15) is 0 Å². The van der Waals surface area contributed by atoms with Gasteiger partial charge in [-0.1, -0.05) is 6.07 Å². The minimum Gasteiger partial charge on any atom is -0.375 e. The van der Waals surface area contributed by atoms with Crippen LogP contribution in [0.5, 0.6) is 0 Å². The lowest BCUT2D eigenvalue weighted by molar-refractivity contribution is -0.138. The molecule has 1 atom stereocenters. The SMILES string of the molecule is COCC(=O)N1CCNCC1c1cccnc1. The first kappa shape index (κ1) is 12.0. The first-order chi connectivity index (χ1) is 8.33. The van der Waals surface area contributed by atoms with Crippen LogP contribution in [0.4, 0.5) is 0 Å². The van der Waals surface area contributed by atoms with Crippen molar-refractivity contribution in [1.29, 1.82) is 0 Å².